The van der Waals surface area contributed by atoms with Crippen LogP contribution in [0.5, 0.6) is 11.6 Å². The van der Waals surface area contributed by atoms with E-state index in [1.165, 1.54) is 0 Å². The fraction of sp³-hybridized carbons (Fsp3) is 0.217. The second kappa shape index (κ2) is 7.94. The van der Waals surface area contributed by atoms with Crippen molar-refractivity contribution in [3.05, 3.63) is 66.7 Å². The summed E-state index contributed by atoms with van der Waals surface area (Å²) in [6.45, 7) is 3.91. The summed E-state index contributed by atoms with van der Waals surface area (Å²) in [6.07, 6.45) is 5.14. The molecule has 4 aromatic rings. The molecule has 5 rings (SSSR count). The van der Waals surface area contributed by atoms with Crippen molar-refractivity contribution in [2.24, 2.45) is 0 Å². The van der Waals surface area contributed by atoms with Crippen LogP contribution in [0.3, 0.4) is 0 Å². The number of aromatic nitrogens is 4. The van der Waals surface area contributed by atoms with E-state index in [4.69, 9.17) is 9.47 Å². The van der Waals surface area contributed by atoms with E-state index in [-0.39, 0.29) is 5.92 Å². The molecule has 1 atom stereocenters. The minimum atomic E-state index is 0.189. The van der Waals surface area contributed by atoms with E-state index in [0.717, 1.165) is 39.3 Å². The predicted octanol–water partition coefficient (Wildman–Crippen LogP) is 4.07. The van der Waals surface area contributed by atoms with Gasteiger partial charge in [0.05, 0.1) is 11.2 Å². The van der Waals surface area contributed by atoms with Crippen LogP contribution in [0.15, 0.2) is 61.2 Å². The Morgan fingerprint density at radius 2 is 1.90 bits per heavy atom. The summed E-state index contributed by atoms with van der Waals surface area (Å²) in [5.41, 5.74) is 3.93. The maximum atomic E-state index is 5.79. The Hall–Kier alpha value is -3.74. The fourth-order valence-corrected chi connectivity index (χ4v) is 3.58. The highest BCUT2D eigenvalue weighted by molar-refractivity contribution is 5.83. The van der Waals surface area contributed by atoms with Crippen molar-refractivity contribution in [2.75, 3.05) is 25.1 Å². The first-order valence-electron chi connectivity index (χ1n) is 9.93. The average Bonchev–Trinajstić information content (AvgIpc) is 2.82. The van der Waals surface area contributed by atoms with Gasteiger partial charge in [0.25, 0.3) is 5.88 Å². The highest BCUT2D eigenvalue weighted by atomic mass is 16.6. The zero-order chi connectivity index (χ0) is 20.3. The lowest BCUT2D eigenvalue weighted by Crippen LogP contribution is -2.19. The number of hydrogen-bond acceptors (Lipinski definition) is 7. The van der Waals surface area contributed by atoms with Crippen LogP contribution < -0.4 is 14.8 Å². The molecule has 0 radical (unpaired) electrons. The van der Waals surface area contributed by atoms with Crippen LogP contribution in [0.2, 0.25) is 0 Å². The zero-order valence-electron chi connectivity index (χ0n) is 16.6. The standard InChI is InChI=1S/C23H21N5O2/c1-15(18-6-8-25-23-22(18)29-9-10-30-23)13-26-21-12-20(27-14-28-21)17-4-5-19-16(11-17)3-2-7-24-19/h2-8,11-12,14-15H,9-10,13H2,1H3,(H,26,27,28)/t15-/m1/s1. The number of pyridine rings is 2. The summed E-state index contributed by atoms with van der Waals surface area (Å²) in [7, 11) is 0. The van der Waals surface area contributed by atoms with Gasteiger partial charge < -0.3 is 14.8 Å². The van der Waals surface area contributed by atoms with Gasteiger partial charge >= 0.3 is 0 Å². The molecule has 0 saturated carbocycles. The second-order valence-corrected chi connectivity index (χ2v) is 7.21. The molecule has 0 spiro atoms. The second-order valence-electron chi connectivity index (χ2n) is 7.21. The van der Waals surface area contributed by atoms with Gasteiger partial charge in [0.2, 0.25) is 0 Å². The summed E-state index contributed by atoms with van der Waals surface area (Å²) in [5.74, 6) is 2.28. The van der Waals surface area contributed by atoms with Crippen molar-refractivity contribution in [2.45, 2.75) is 12.8 Å². The summed E-state index contributed by atoms with van der Waals surface area (Å²) in [6, 6.07) is 14.1. The monoisotopic (exact) mass is 399 g/mol. The number of nitrogens with zero attached hydrogens (tertiary/aromatic N) is 4. The summed E-state index contributed by atoms with van der Waals surface area (Å²) in [4.78, 5) is 17.4. The first kappa shape index (κ1) is 18.3. The molecule has 7 heteroatoms. The van der Waals surface area contributed by atoms with Gasteiger partial charge in [-0.1, -0.05) is 19.1 Å². The summed E-state index contributed by atoms with van der Waals surface area (Å²) in [5, 5.41) is 4.50. The van der Waals surface area contributed by atoms with E-state index in [1.54, 1.807) is 18.7 Å². The largest absolute Gasteiger partial charge is 0.484 e. The maximum absolute atomic E-state index is 5.79. The van der Waals surface area contributed by atoms with E-state index in [0.29, 0.717) is 25.6 Å². The lowest BCUT2D eigenvalue weighted by Gasteiger charge is -2.22. The van der Waals surface area contributed by atoms with Gasteiger partial charge in [-0.2, -0.15) is 0 Å². The average molecular weight is 399 g/mol. The van der Waals surface area contributed by atoms with Gasteiger partial charge in [0.1, 0.15) is 25.4 Å². The first-order valence-corrected chi connectivity index (χ1v) is 9.93. The van der Waals surface area contributed by atoms with Crippen LogP contribution in [0, 0.1) is 0 Å². The molecule has 0 amide bonds. The Morgan fingerprint density at radius 1 is 0.967 bits per heavy atom. The van der Waals surface area contributed by atoms with E-state index in [1.807, 2.05) is 30.3 Å². The molecule has 0 bridgehead atoms. The molecule has 0 fully saturated rings. The number of rotatable bonds is 5. The van der Waals surface area contributed by atoms with Crippen LogP contribution in [0.4, 0.5) is 5.82 Å². The lowest BCUT2D eigenvalue weighted by molar-refractivity contribution is 0.162. The third-order valence-electron chi connectivity index (χ3n) is 5.16. The van der Waals surface area contributed by atoms with Gasteiger partial charge in [-0.05, 0) is 24.3 Å². The Balaban J connectivity index is 1.34. The maximum Gasteiger partial charge on any atom is 0.257 e. The highest BCUT2D eigenvalue weighted by Gasteiger charge is 2.20. The van der Waals surface area contributed by atoms with Crippen LogP contribution in [-0.4, -0.2) is 39.7 Å². The molecule has 1 aromatic carbocycles. The van der Waals surface area contributed by atoms with Crippen molar-refractivity contribution < 1.29 is 9.47 Å². The van der Waals surface area contributed by atoms with Gasteiger partial charge in [0, 0.05) is 47.4 Å². The Morgan fingerprint density at radius 3 is 2.87 bits per heavy atom. The van der Waals surface area contributed by atoms with Crippen LogP contribution in [0.25, 0.3) is 22.2 Å². The Labute approximate surface area is 174 Å². The third kappa shape index (κ3) is 3.61. The molecule has 4 heterocycles. The molecule has 0 saturated heterocycles. The minimum Gasteiger partial charge on any atom is -0.484 e. The van der Waals surface area contributed by atoms with Crippen molar-refractivity contribution >= 4 is 16.7 Å². The van der Waals surface area contributed by atoms with Crippen LogP contribution in [0.1, 0.15) is 18.4 Å². The topological polar surface area (TPSA) is 82.1 Å². The van der Waals surface area contributed by atoms with Crippen molar-refractivity contribution in [3.8, 4) is 22.9 Å². The molecule has 150 valence electrons. The van der Waals surface area contributed by atoms with Crippen molar-refractivity contribution in [1.82, 2.24) is 19.9 Å². The van der Waals surface area contributed by atoms with Gasteiger partial charge in [-0.25, -0.2) is 15.0 Å². The molecule has 7 nitrogen and oxygen atoms in total. The normalized spacial score (nSPS) is 13.8. The fourth-order valence-electron chi connectivity index (χ4n) is 3.58. The quantitative estimate of drug-likeness (QED) is 0.542. The van der Waals surface area contributed by atoms with Gasteiger partial charge in [-0.3, -0.25) is 4.98 Å². The Bertz CT molecular complexity index is 1200. The third-order valence-corrected chi connectivity index (χ3v) is 5.16. The minimum absolute atomic E-state index is 0.189. The SMILES string of the molecule is C[C@H](CNc1cc(-c2ccc3ncccc3c2)ncn1)c1ccnc2c1OCCO2. The molecule has 0 aliphatic carbocycles. The molecule has 1 aliphatic heterocycles. The van der Waals surface area contributed by atoms with E-state index in [9.17, 15) is 0 Å². The van der Waals surface area contributed by atoms with Crippen molar-refractivity contribution in [3.63, 3.8) is 0 Å². The molecule has 30 heavy (non-hydrogen) atoms. The van der Waals surface area contributed by atoms with E-state index in [2.05, 4.69) is 44.3 Å². The summed E-state index contributed by atoms with van der Waals surface area (Å²) < 4.78 is 11.4. The number of ether oxygens (including phenoxy) is 2. The van der Waals surface area contributed by atoms with Crippen molar-refractivity contribution in [1.29, 1.82) is 0 Å². The first-order chi connectivity index (χ1) is 14.8. The lowest BCUT2D eigenvalue weighted by atomic mass is 10.0. The number of nitrogens with one attached hydrogen (secondary N) is 1. The van der Waals surface area contributed by atoms with E-state index >= 15 is 0 Å². The highest BCUT2D eigenvalue weighted by Crippen LogP contribution is 2.35. The molecular formula is C23H21N5O2. The summed E-state index contributed by atoms with van der Waals surface area (Å²) >= 11 is 0. The van der Waals surface area contributed by atoms with Gasteiger partial charge in [-0.15, -0.1) is 0 Å². The zero-order valence-corrected chi connectivity index (χ0v) is 16.6. The van der Waals surface area contributed by atoms with Crippen LogP contribution in [-0.2, 0) is 0 Å². The number of fused-ring (bicyclic) bond motifs is 2. The Kier molecular flexibility index (Phi) is 4.85. The van der Waals surface area contributed by atoms with Gasteiger partial charge in [0.15, 0.2) is 5.75 Å². The molecular weight excluding hydrogens is 378 g/mol. The smallest absolute Gasteiger partial charge is 0.257 e. The van der Waals surface area contributed by atoms with Crippen LogP contribution >= 0.6 is 0 Å². The number of anilines is 1. The molecule has 0 unspecified atom stereocenters. The number of benzene rings is 1. The predicted molar refractivity (Wildman–Crippen MR) is 115 cm³/mol. The number of hydrogen-bond donors (Lipinski definition) is 1. The van der Waals surface area contributed by atoms with E-state index < -0.39 is 0 Å². The molecule has 3 aromatic heterocycles. The molecule has 1 aliphatic rings. The molecule has 1 N–H and O–H groups in total.